The number of nitrogens with zero attached hydrogens (tertiary/aromatic N) is 1. The van der Waals surface area contributed by atoms with Gasteiger partial charge >= 0.3 is 0 Å². The van der Waals surface area contributed by atoms with Crippen molar-refractivity contribution in [3.8, 4) is 0 Å². The van der Waals surface area contributed by atoms with Crippen LogP contribution in [0.15, 0.2) is 29.8 Å². The number of rotatable bonds is 10. The van der Waals surface area contributed by atoms with Crippen LogP contribution >= 0.6 is 11.6 Å². The van der Waals surface area contributed by atoms with E-state index in [0.29, 0.717) is 30.4 Å². The Morgan fingerprint density at radius 3 is 2.48 bits per heavy atom. The van der Waals surface area contributed by atoms with Crippen LogP contribution in [0.5, 0.6) is 0 Å². The van der Waals surface area contributed by atoms with E-state index in [0.717, 1.165) is 25.2 Å². The average molecular weight is 339 g/mol. The lowest BCUT2D eigenvalue weighted by atomic mass is 10.1. The van der Waals surface area contributed by atoms with E-state index in [1.54, 1.807) is 6.92 Å². The summed E-state index contributed by atoms with van der Waals surface area (Å²) in [4.78, 5) is 14.3. The van der Waals surface area contributed by atoms with E-state index in [4.69, 9.17) is 16.3 Å². The number of benzene rings is 1. The molecule has 0 radical (unpaired) electrons. The second-order valence-corrected chi connectivity index (χ2v) is 5.71. The first kappa shape index (κ1) is 19.7. The summed E-state index contributed by atoms with van der Waals surface area (Å²) < 4.78 is 5.54. The van der Waals surface area contributed by atoms with Gasteiger partial charge in [-0.2, -0.15) is 0 Å². The first-order chi connectivity index (χ1) is 11.1. The second-order valence-electron chi connectivity index (χ2n) is 5.27. The Balaban J connectivity index is 2.24. The van der Waals surface area contributed by atoms with E-state index in [9.17, 15) is 4.79 Å². The Labute approximate surface area is 144 Å². The topological polar surface area (TPSA) is 41.6 Å². The number of nitrogens with one attached hydrogen (secondary N) is 1. The summed E-state index contributed by atoms with van der Waals surface area (Å²) in [5, 5.41) is 3.54. The molecule has 0 unspecified atom stereocenters. The third kappa shape index (κ3) is 8.16. The number of carbonyl (C=O) groups excluding carboxylic acids is 1. The number of hydrogen-bond donors (Lipinski definition) is 1. The van der Waals surface area contributed by atoms with Crippen molar-refractivity contribution in [2.45, 2.75) is 20.8 Å². The Morgan fingerprint density at radius 2 is 1.87 bits per heavy atom. The number of hydrogen-bond acceptors (Lipinski definition) is 3. The van der Waals surface area contributed by atoms with Crippen molar-refractivity contribution in [2.75, 3.05) is 39.4 Å². The molecule has 0 spiro atoms. The molecule has 0 saturated carbocycles. The molecular formula is C18H27ClN2O2. The highest BCUT2D eigenvalue weighted by molar-refractivity contribution is 6.30. The summed E-state index contributed by atoms with van der Waals surface area (Å²) in [6.07, 6.45) is 1.84. The van der Waals surface area contributed by atoms with Gasteiger partial charge in [-0.05, 0) is 43.8 Å². The molecule has 0 heterocycles. The number of ether oxygens (including phenoxy) is 1. The van der Waals surface area contributed by atoms with E-state index in [1.165, 1.54) is 0 Å². The minimum atomic E-state index is -0.0766. The molecule has 0 aliphatic rings. The van der Waals surface area contributed by atoms with Gasteiger partial charge in [0.2, 0.25) is 5.91 Å². The minimum absolute atomic E-state index is 0.0766. The van der Waals surface area contributed by atoms with Crippen molar-refractivity contribution in [3.63, 3.8) is 0 Å². The largest absolute Gasteiger partial charge is 0.378 e. The van der Waals surface area contributed by atoms with E-state index in [1.807, 2.05) is 30.3 Å². The van der Waals surface area contributed by atoms with E-state index < -0.39 is 0 Å². The number of carbonyl (C=O) groups is 1. The molecule has 0 fully saturated rings. The third-order valence-corrected chi connectivity index (χ3v) is 3.84. The Hall–Kier alpha value is -1.36. The summed E-state index contributed by atoms with van der Waals surface area (Å²) in [5.41, 5.74) is 1.62. The van der Waals surface area contributed by atoms with Crippen molar-refractivity contribution in [1.82, 2.24) is 10.2 Å². The molecule has 4 nitrogen and oxygen atoms in total. The fraction of sp³-hybridized carbons (Fsp3) is 0.500. The molecule has 23 heavy (non-hydrogen) atoms. The van der Waals surface area contributed by atoms with E-state index >= 15 is 0 Å². The SMILES string of the molecule is CCN(CC)CCOCCNC(=O)/C(C)=C/c1ccc(Cl)cc1. The van der Waals surface area contributed by atoms with Crippen LogP contribution in [0.2, 0.25) is 5.02 Å². The molecule has 1 aromatic carbocycles. The Kier molecular flexibility index (Phi) is 9.60. The Bertz CT molecular complexity index is 496. The molecule has 1 rings (SSSR count). The summed E-state index contributed by atoms with van der Waals surface area (Å²) in [6, 6.07) is 7.38. The van der Waals surface area contributed by atoms with Crippen LogP contribution in [0.25, 0.3) is 6.08 Å². The smallest absolute Gasteiger partial charge is 0.247 e. The molecule has 0 aliphatic heterocycles. The van der Waals surface area contributed by atoms with Crippen molar-refractivity contribution >= 4 is 23.6 Å². The van der Waals surface area contributed by atoms with Gasteiger partial charge in [0.05, 0.1) is 13.2 Å². The van der Waals surface area contributed by atoms with Crippen LogP contribution in [0.3, 0.4) is 0 Å². The predicted molar refractivity (Wildman–Crippen MR) is 96.7 cm³/mol. The van der Waals surface area contributed by atoms with E-state index in [-0.39, 0.29) is 5.91 Å². The quantitative estimate of drug-likeness (QED) is 0.526. The fourth-order valence-corrected chi connectivity index (χ4v) is 2.21. The summed E-state index contributed by atoms with van der Waals surface area (Å²) in [6.45, 7) is 10.8. The molecular weight excluding hydrogens is 312 g/mol. The fourth-order valence-electron chi connectivity index (χ4n) is 2.09. The normalized spacial score (nSPS) is 11.8. The summed E-state index contributed by atoms with van der Waals surface area (Å²) >= 11 is 5.84. The zero-order valence-electron chi connectivity index (χ0n) is 14.3. The molecule has 5 heteroatoms. The van der Waals surface area contributed by atoms with Crippen LogP contribution in [0, 0.1) is 0 Å². The van der Waals surface area contributed by atoms with Gasteiger partial charge in [0.1, 0.15) is 0 Å². The van der Waals surface area contributed by atoms with Gasteiger partial charge < -0.3 is 15.0 Å². The van der Waals surface area contributed by atoms with Gasteiger partial charge in [0, 0.05) is 23.7 Å². The van der Waals surface area contributed by atoms with Gasteiger partial charge in [0.15, 0.2) is 0 Å². The number of likely N-dealkylation sites (N-methyl/N-ethyl adjacent to an activating group) is 1. The molecule has 0 aromatic heterocycles. The Morgan fingerprint density at radius 1 is 1.22 bits per heavy atom. The number of halogens is 1. The highest BCUT2D eigenvalue weighted by Crippen LogP contribution is 2.12. The van der Waals surface area contributed by atoms with Crippen LogP contribution < -0.4 is 5.32 Å². The van der Waals surface area contributed by atoms with Gasteiger partial charge in [0.25, 0.3) is 0 Å². The van der Waals surface area contributed by atoms with E-state index in [2.05, 4.69) is 24.1 Å². The first-order valence-electron chi connectivity index (χ1n) is 8.09. The summed E-state index contributed by atoms with van der Waals surface area (Å²) in [7, 11) is 0. The minimum Gasteiger partial charge on any atom is -0.378 e. The lowest BCUT2D eigenvalue weighted by molar-refractivity contribution is -0.117. The molecule has 0 aliphatic carbocycles. The molecule has 128 valence electrons. The van der Waals surface area contributed by atoms with Crippen LogP contribution in [-0.2, 0) is 9.53 Å². The third-order valence-electron chi connectivity index (χ3n) is 3.59. The lowest BCUT2D eigenvalue weighted by Gasteiger charge is -2.17. The maximum absolute atomic E-state index is 12.0. The predicted octanol–water partition coefficient (Wildman–Crippen LogP) is 3.22. The standard InChI is InChI=1S/C18H27ClN2O2/c1-4-21(5-2)11-13-23-12-10-20-18(22)15(3)14-16-6-8-17(19)9-7-16/h6-9,14H,4-5,10-13H2,1-3H3,(H,20,22)/b15-14+. The van der Waals surface area contributed by atoms with Crippen molar-refractivity contribution < 1.29 is 9.53 Å². The van der Waals surface area contributed by atoms with Gasteiger partial charge in [-0.15, -0.1) is 0 Å². The average Bonchev–Trinajstić information content (AvgIpc) is 2.56. The van der Waals surface area contributed by atoms with Crippen LogP contribution in [0.1, 0.15) is 26.3 Å². The molecule has 1 N–H and O–H groups in total. The van der Waals surface area contributed by atoms with Crippen molar-refractivity contribution in [3.05, 3.63) is 40.4 Å². The lowest BCUT2D eigenvalue weighted by Crippen LogP contribution is -2.30. The maximum atomic E-state index is 12.0. The van der Waals surface area contributed by atoms with Crippen molar-refractivity contribution in [2.24, 2.45) is 0 Å². The molecule has 0 bridgehead atoms. The molecule has 0 atom stereocenters. The second kappa shape index (κ2) is 11.2. The van der Waals surface area contributed by atoms with Crippen LogP contribution in [-0.4, -0.2) is 50.2 Å². The highest BCUT2D eigenvalue weighted by Gasteiger charge is 2.04. The van der Waals surface area contributed by atoms with Gasteiger partial charge in [-0.25, -0.2) is 0 Å². The van der Waals surface area contributed by atoms with Crippen molar-refractivity contribution in [1.29, 1.82) is 0 Å². The molecule has 1 amide bonds. The summed E-state index contributed by atoms with van der Waals surface area (Å²) in [5.74, 6) is -0.0766. The van der Waals surface area contributed by atoms with Gasteiger partial charge in [-0.1, -0.05) is 37.6 Å². The van der Waals surface area contributed by atoms with Gasteiger partial charge in [-0.3, -0.25) is 4.79 Å². The molecule has 0 saturated heterocycles. The monoisotopic (exact) mass is 338 g/mol. The zero-order chi connectivity index (χ0) is 17.1. The zero-order valence-corrected chi connectivity index (χ0v) is 15.0. The highest BCUT2D eigenvalue weighted by atomic mass is 35.5. The van der Waals surface area contributed by atoms with Crippen LogP contribution in [0.4, 0.5) is 0 Å². The maximum Gasteiger partial charge on any atom is 0.247 e. The number of amides is 1. The molecule has 1 aromatic rings. The first-order valence-corrected chi connectivity index (χ1v) is 8.46.